The predicted molar refractivity (Wildman–Crippen MR) is 86.0 cm³/mol. The number of rotatable bonds is 6. The standard InChI is InChI=1S/C18H23NO2/c1-13(15-5-9-17(20-3)10-6-15)19-14(2)16-7-11-18(21-4)12-8-16/h5-14,19H,1-4H3/t13-,14-/m0/s1. The van der Waals surface area contributed by atoms with Gasteiger partial charge in [-0.3, -0.25) is 0 Å². The second-order valence-electron chi connectivity index (χ2n) is 5.16. The molecule has 2 aromatic carbocycles. The molecule has 2 rings (SSSR count). The number of nitrogens with one attached hydrogen (secondary N) is 1. The van der Waals surface area contributed by atoms with Gasteiger partial charge in [0, 0.05) is 12.1 Å². The number of benzene rings is 2. The first-order valence-corrected chi connectivity index (χ1v) is 7.18. The van der Waals surface area contributed by atoms with Crippen molar-refractivity contribution in [2.75, 3.05) is 14.2 Å². The Morgan fingerprint density at radius 2 is 1.00 bits per heavy atom. The van der Waals surface area contributed by atoms with Crippen LogP contribution in [0.1, 0.15) is 37.1 Å². The lowest BCUT2D eigenvalue weighted by molar-refractivity contribution is 0.413. The molecule has 0 heterocycles. The molecule has 0 aliphatic carbocycles. The Bertz CT molecular complexity index is 497. The molecule has 0 radical (unpaired) electrons. The van der Waals surface area contributed by atoms with E-state index in [1.807, 2.05) is 24.3 Å². The van der Waals surface area contributed by atoms with Crippen molar-refractivity contribution in [3.63, 3.8) is 0 Å². The molecule has 1 N–H and O–H groups in total. The van der Waals surface area contributed by atoms with Crippen LogP contribution in [-0.4, -0.2) is 14.2 Å². The van der Waals surface area contributed by atoms with Gasteiger partial charge in [0.2, 0.25) is 0 Å². The molecule has 3 heteroatoms. The third-order valence-corrected chi connectivity index (χ3v) is 3.73. The van der Waals surface area contributed by atoms with Crippen molar-refractivity contribution in [1.29, 1.82) is 0 Å². The molecule has 0 fully saturated rings. The highest BCUT2D eigenvalue weighted by molar-refractivity contribution is 5.31. The molecule has 2 aromatic rings. The van der Waals surface area contributed by atoms with Crippen LogP contribution in [0.2, 0.25) is 0 Å². The maximum absolute atomic E-state index is 5.19. The third kappa shape index (κ3) is 3.99. The highest BCUT2D eigenvalue weighted by atomic mass is 16.5. The monoisotopic (exact) mass is 285 g/mol. The number of hydrogen-bond donors (Lipinski definition) is 1. The largest absolute Gasteiger partial charge is 0.497 e. The minimum Gasteiger partial charge on any atom is -0.497 e. The summed E-state index contributed by atoms with van der Waals surface area (Å²) in [5.41, 5.74) is 2.49. The van der Waals surface area contributed by atoms with Crippen LogP contribution < -0.4 is 14.8 Å². The molecule has 2 atom stereocenters. The molecule has 21 heavy (non-hydrogen) atoms. The van der Waals surface area contributed by atoms with E-state index < -0.39 is 0 Å². The number of hydrogen-bond acceptors (Lipinski definition) is 3. The van der Waals surface area contributed by atoms with E-state index in [-0.39, 0.29) is 12.1 Å². The highest BCUT2D eigenvalue weighted by Gasteiger charge is 2.11. The molecule has 0 saturated heterocycles. The van der Waals surface area contributed by atoms with Gasteiger partial charge in [-0.25, -0.2) is 0 Å². The highest BCUT2D eigenvalue weighted by Crippen LogP contribution is 2.22. The van der Waals surface area contributed by atoms with Gasteiger partial charge >= 0.3 is 0 Å². The predicted octanol–water partition coefficient (Wildman–Crippen LogP) is 4.12. The summed E-state index contributed by atoms with van der Waals surface area (Å²) in [7, 11) is 3.37. The van der Waals surface area contributed by atoms with Crippen molar-refractivity contribution in [3.8, 4) is 11.5 Å². The van der Waals surface area contributed by atoms with E-state index in [0.717, 1.165) is 11.5 Å². The smallest absolute Gasteiger partial charge is 0.118 e. The van der Waals surface area contributed by atoms with Gasteiger partial charge in [-0.2, -0.15) is 0 Å². The SMILES string of the molecule is COc1ccc([C@H](C)N[C@@H](C)c2ccc(OC)cc2)cc1. The second-order valence-corrected chi connectivity index (χ2v) is 5.16. The summed E-state index contributed by atoms with van der Waals surface area (Å²) < 4.78 is 10.4. The van der Waals surface area contributed by atoms with Gasteiger partial charge in [-0.15, -0.1) is 0 Å². The van der Waals surface area contributed by atoms with Gasteiger partial charge in [-0.05, 0) is 49.2 Å². The fourth-order valence-electron chi connectivity index (χ4n) is 2.35. The van der Waals surface area contributed by atoms with E-state index >= 15 is 0 Å². The molecular weight excluding hydrogens is 262 g/mol. The Morgan fingerprint density at radius 3 is 1.29 bits per heavy atom. The Hall–Kier alpha value is -2.00. The van der Waals surface area contributed by atoms with Gasteiger partial charge < -0.3 is 14.8 Å². The molecule has 0 unspecified atom stereocenters. The summed E-state index contributed by atoms with van der Waals surface area (Å²) in [5.74, 6) is 1.77. The van der Waals surface area contributed by atoms with Crippen LogP contribution in [0, 0.1) is 0 Å². The first-order chi connectivity index (χ1) is 10.1. The zero-order chi connectivity index (χ0) is 15.2. The molecule has 3 nitrogen and oxygen atoms in total. The van der Waals surface area contributed by atoms with Crippen LogP contribution in [0.4, 0.5) is 0 Å². The minimum atomic E-state index is 0.271. The average Bonchev–Trinajstić information content (AvgIpc) is 2.55. The lowest BCUT2D eigenvalue weighted by Gasteiger charge is -2.21. The van der Waals surface area contributed by atoms with Crippen LogP contribution in [0.3, 0.4) is 0 Å². The van der Waals surface area contributed by atoms with Crippen molar-refractivity contribution in [2.45, 2.75) is 25.9 Å². The maximum atomic E-state index is 5.19. The zero-order valence-corrected chi connectivity index (χ0v) is 13.1. The van der Waals surface area contributed by atoms with Crippen LogP contribution in [0.15, 0.2) is 48.5 Å². The first-order valence-electron chi connectivity index (χ1n) is 7.18. The van der Waals surface area contributed by atoms with Gasteiger partial charge in [0.15, 0.2) is 0 Å². The van der Waals surface area contributed by atoms with E-state index in [9.17, 15) is 0 Å². The van der Waals surface area contributed by atoms with Crippen molar-refractivity contribution < 1.29 is 9.47 Å². The Balaban J connectivity index is 2.01. The van der Waals surface area contributed by atoms with E-state index in [2.05, 4.69) is 43.4 Å². The molecule has 0 bridgehead atoms. The third-order valence-electron chi connectivity index (χ3n) is 3.73. The molecule has 0 spiro atoms. The molecule has 112 valence electrons. The van der Waals surface area contributed by atoms with Gasteiger partial charge in [-0.1, -0.05) is 24.3 Å². The molecular formula is C18H23NO2. The molecule has 0 amide bonds. The summed E-state index contributed by atoms with van der Waals surface area (Å²) >= 11 is 0. The summed E-state index contributed by atoms with van der Waals surface area (Å²) in [5, 5.41) is 3.61. The Labute approximate surface area is 126 Å². The molecule has 0 aliphatic heterocycles. The summed E-state index contributed by atoms with van der Waals surface area (Å²) in [4.78, 5) is 0. The lowest BCUT2D eigenvalue weighted by atomic mass is 10.0. The quantitative estimate of drug-likeness (QED) is 0.866. The normalized spacial score (nSPS) is 13.5. The lowest BCUT2D eigenvalue weighted by Crippen LogP contribution is -2.22. The Morgan fingerprint density at radius 1 is 0.667 bits per heavy atom. The number of methoxy groups -OCH3 is 2. The van der Waals surface area contributed by atoms with Crippen LogP contribution in [-0.2, 0) is 0 Å². The topological polar surface area (TPSA) is 30.5 Å². The molecule has 0 saturated carbocycles. The fraction of sp³-hybridized carbons (Fsp3) is 0.333. The molecule has 0 aromatic heterocycles. The van der Waals surface area contributed by atoms with Gasteiger partial charge in [0.1, 0.15) is 11.5 Å². The Kier molecular flexibility index (Phi) is 5.23. The van der Waals surface area contributed by atoms with E-state index in [4.69, 9.17) is 9.47 Å². The average molecular weight is 285 g/mol. The van der Waals surface area contributed by atoms with Crippen LogP contribution in [0.25, 0.3) is 0 Å². The van der Waals surface area contributed by atoms with Gasteiger partial charge in [0.05, 0.1) is 14.2 Å². The second kappa shape index (κ2) is 7.14. The van der Waals surface area contributed by atoms with E-state index in [0.29, 0.717) is 0 Å². The zero-order valence-electron chi connectivity index (χ0n) is 13.1. The first kappa shape index (κ1) is 15.4. The van der Waals surface area contributed by atoms with Crippen molar-refractivity contribution in [1.82, 2.24) is 5.32 Å². The summed E-state index contributed by atoms with van der Waals surface area (Å²) in [6.45, 7) is 4.34. The van der Waals surface area contributed by atoms with Crippen LogP contribution >= 0.6 is 0 Å². The summed E-state index contributed by atoms with van der Waals surface area (Å²) in [6, 6.07) is 16.9. The maximum Gasteiger partial charge on any atom is 0.118 e. The van der Waals surface area contributed by atoms with Crippen molar-refractivity contribution in [2.24, 2.45) is 0 Å². The minimum absolute atomic E-state index is 0.271. The van der Waals surface area contributed by atoms with Gasteiger partial charge in [0.25, 0.3) is 0 Å². The fourth-order valence-corrected chi connectivity index (χ4v) is 2.35. The summed E-state index contributed by atoms with van der Waals surface area (Å²) in [6.07, 6.45) is 0. The molecule has 0 aliphatic rings. The van der Waals surface area contributed by atoms with E-state index in [1.165, 1.54) is 11.1 Å². The van der Waals surface area contributed by atoms with E-state index in [1.54, 1.807) is 14.2 Å². The van der Waals surface area contributed by atoms with Crippen molar-refractivity contribution >= 4 is 0 Å². The van der Waals surface area contributed by atoms with Crippen molar-refractivity contribution in [3.05, 3.63) is 59.7 Å². The van der Waals surface area contributed by atoms with Crippen LogP contribution in [0.5, 0.6) is 11.5 Å². The number of ether oxygens (including phenoxy) is 2.